The minimum absolute atomic E-state index is 0.223. The van der Waals surface area contributed by atoms with Gasteiger partial charge in [-0.25, -0.2) is 4.68 Å². The molecule has 37 heavy (non-hydrogen) atoms. The van der Waals surface area contributed by atoms with Crippen molar-refractivity contribution < 1.29 is 14.3 Å². The second-order valence-corrected chi connectivity index (χ2v) is 8.74. The quantitative estimate of drug-likeness (QED) is 0.307. The lowest BCUT2D eigenvalue weighted by molar-refractivity contribution is 0.102. The van der Waals surface area contributed by atoms with Gasteiger partial charge in [0.05, 0.1) is 26.0 Å². The molecule has 5 rings (SSSR count). The van der Waals surface area contributed by atoms with E-state index in [-0.39, 0.29) is 11.9 Å². The van der Waals surface area contributed by atoms with Crippen LogP contribution in [0.1, 0.15) is 46.9 Å². The molecular formula is C30H30N4O3. The van der Waals surface area contributed by atoms with Gasteiger partial charge in [0.15, 0.2) is 0 Å². The number of methoxy groups -OCH3 is 1. The number of ether oxygens (including phenoxy) is 2. The first-order valence-corrected chi connectivity index (χ1v) is 12.4. The van der Waals surface area contributed by atoms with Gasteiger partial charge in [-0.1, -0.05) is 43.3 Å². The average Bonchev–Trinajstić information content (AvgIpc) is 3.38. The van der Waals surface area contributed by atoms with Crippen molar-refractivity contribution in [3.63, 3.8) is 0 Å². The summed E-state index contributed by atoms with van der Waals surface area (Å²) in [6.45, 7) is 4.66. The Labute approximate surface area is 216 Å². The van der Waals surface area contributed by atoms with Gasteiger partial charge < -0.3 is 20.1 Å². The maximum atomic E-state index is 13.4. The molecule has 0 saturated heterocycles. The zero-order chi connectivity index (χ0) is 25.8. The summed E-state index contributed by atoms with van der Waals surface area (Å²) in [4.78, 5) is 13.4. The first-order chi connectivity index (χ1) is 18.1. The summed E-state index contributed by atoms with van der Waals surface area (Å²) in [5, 5.41) is 11.1. The second kappa shape index (κ2) is 10.6. The Bertz CT molecular complexity index is 1420. The molecule has 2 heterocycles. The minimum atomic E-state index is -0.245. The van der Waals surface area contributed by atoms with Gasteiger partial charge in [-0.2, -0.15) is 5.10 Å². The molecule has 188 valence electrons. The Kier molecular flexibility index (Phi) is 6.94. The summed E-state index contributed by atoms with van der Waals surface area (Å²) in [6.07, 6.45) is 4.71. The lowest BCUT2D eigenvalue weighted by Crippen LogP contribution is -2.22. The molecule has 1 unspecified atom stereocenters. The predicted molar refractivity (Wildman–Crippen MR) is 146 cm³/mol. The van der Waals surface area contributed by atoms with E-state index in [9.17, 15) is 4.79 Å². The largest absolute Gasteiger partial charge is 0.497 e. The molecule has 0 radical (unpaired) electrons. The third-order valence-electron chi connectivity index (χ3n) is 6.41. The molecule has 0 aliphatic carbocycles. The molecule has 1 aliphatic heterocycles. The van der Waals surface area contributed by atoms with Gasteiger partial charge >= 0.3 is 0 Å². The van der Waals surface area contributed by atoms with Crippen LogP contribution in [-0.4, -0.2) is 29.4 Å². The van der Waals surface area contributed by atoms with Crippen LogP contribution >= 0.6 is 0 Å². The van der Waals surface area contributed by atoms with Crippen molar-refractivity contribution in [2.75, 3.05) is 24.4 Å². The second-order valence-electron chi connectivity index (χ2n) is 8.74. The summed E-state index contributed by atoms with van der Waals surface area (Å²) < 4.78 is 12.8. The first-order valence-electron chi connectivity index (χ1n) is 12.4. The topological polar surface area (TPSA) is 77.4 Å². The molecule has 1 amide bonds. The van der Waals surface area contributed by atoms with Crippen molar-refractivity contribution >= 4 is 23.1 Å². The number of amides is 1. The Balaban J connectivity index is 1.50. The van der Waals surface area contributed by atoms with Crippen molar-refractivity contribution in [1.29, 1.82) is 0 Å². The van der Waals surface area contributed by atoms with E-state index >= 15 is 0 Å². The third-order valence-corrected chi connectivity index (χ3v) is 6.41. The van der Waals surface area contributed by atoms with E-state index in [1.54, 1.807) is 13.3 Å². The normalized spacial score (nSPS) is 14.2. The number of anilines is 2. The molecular weight excluding hydrogens is 464 g/mol. The van der Waals surface area contributed by atoms with Gasteiger partial charge in [0.1, 0.15) is 22.9 Å². The summed E-state index contributed by atoms with van der Waals surface area (Å²) in [6, 6.07) is 23.5. The Morgan fingerprint density at radius 1 is 1.03 bits per heavy atom. The number of aryl methyl sites for hydroxylation is 1. The maximum absolute atomic E-state index is 13.4. The van der Waals surface area contributed by atoms with Gasteiger partial charge in [-0.3, -0.25) is 4.79 Å². The maximum Gasteiger partial charge on any atom is 0.261 e. The number of carbonyl (C=O) groups is 1. The van der Waals surface area contributed by atoms with Crippen molar-refractivity contribution in [2.45, 2.75) is 26.3 Å². The van der Waals surface area contributed by atoms with E-state index in [1.807, 2.05) is 60.1 Å². The first kappa shape index (κ1) is 24.2. The van der Waals surface area contributed by atoms with Crippen LogP contribution in [0, 0.1) is 0 Å². The van der Waals surface area contributed by atoms with Crippen molar-refractivity contribution in [2.24, 2.45) is 0 Å². The van der Waals surface area contributed by atoms with Crippen molar-refractivity contribution in [3.05, 3.63) is 107 Å². The number of benzene rings is 3. The van der Waals surface area contributed by atoms with Crippen molar-refractivity contribution in [3.8, 4) is 11.5 Å². The van der Waals surface area contributed by atoms with E-state index in [1.165, 1.54) is 5.56 Å². The van der Waals surface area contributed by atoms with Crippen LogP contribution in [0.3, 0.4) is 0 Å². The Morgan fingerprint density at radius 2 is 1.81 bits per heavy atom. The van der Waals surface area contributed by atoms with Crippen LogP contribution in [-0.2, 0) is 6.42 Å². The number of rotatable bonds is 8. The molecule has 0 bridgehead atoms. The molecule has 1 aromatic heterocycles. The average molecular weight is 495 g/mol. The fourth-order valence-electron chi connectivity index (χ4n) is 4.41. The van der Waals surface area contributed by atoms with Crippen LogP contribution < -0.4 is 20.1 Å². The summed E-state index contributed by atoms with van der Waals surface area (Å²) in [5.41, 5.74) is 5.36. The number of nitrogens with zero attached hydrogens (tertiary/aromatic N) is 2. The number of aromatic nitrogens is 2. The molecule has 0 saturated carbocycles. The number of allylic oxidation sites excluding steroid dienone is 1. The van der Waals surface area contributed by atoms with E-state index in [2.05, 4.69) is 53.0 Å². The predicted octanol–water partition coefficient (Wildman–Crippen LogP) is 6.16. The summed E-state index contributed by atoms with van der Waals surface area (Å²) in [7, 11) is 1.65. The van der Waals surface area contributed by atoms with Crippen molar-refractivity contribution in [1.82, 2.24) is 9.78 Å². The van der Waals surface area contributed by atoms with Gasteiger partial charge in [-0.15, -0.1) is 0 Å². The van der Waals surface area contributed by atoms with Gasteiger partial charge in [0.2, 0.25) is 0 Å². The van der Waals surface area contributed by atoms with Crippen LogP contribution in [0.25, 0.3) is 5.70 Å². The van der Waals surface area contributed by atoms with Crippen LogP contribution in [0.15, 0.2) is 85.1 Å². The van der Waals surface area contributed by atoms with Crippen LogP contribution in [0.5, 0.6) is 11.5 Å². The number of fused-ring (bicyclic) bond motifs is 1. The van der Waals surface area contributed by atoms with E-state index in [0.717, 1.165) is 34.7 Å². The molecule has 0 fully saturated rings. The van der Waals surface area contributed by atoms with E-state index in [4.69, 9.17) is 9.47 Å². The zero-order valence-electron chi connectivity index (χ0n) is 21.2. The van der Waals surface area contributed by atoms with E-state index < -0.39 is 0 Å². The highest BCUT2D eigenvalue weighted by atomic mass is 16.5. The number of hydrogen-bond donors (Lipinski definition) is 2. The number of carbonyl (C=O) groups excluding carboxylic acids is 1. The van der Waals surface area contributed by atoms with Crippen LogP contribution in [0.4, 0.5) is 11.5 Å². The number of hydrogen-bond acceptors (Lipinski definition) is 5. The van der Waals surface area contributed by atoms with Crippen LogP contribution in [0.2, 0.25) is 0 Å². The SMILES string of the molecule is CCOc1ccc(NC(=O)c2cnn3c2NC(c2ccc(CC)cc2)=CC3c2cccc(OC)c2)cc1. The molecule has 1 aliphatic rings. The monoisotopic (exact) mass is 494 g/mol. The van der Waals surface area contributed by atoms with E-state index in [0.29, 0.717) is 23.7 Å². The molecule has 4 aromatic rings. The highest BCUT2D eigenvalue weighted by Gasteiger charge is 2.28. The fourth-order valence-corrected chi connectivity index (χ4v) is 4.41. The Hall–Kier alpha value is -4.52. The molecule has 7 heteroatoms. The molecule has 2 N–H and O–H groups in total. The third kappa shape index (κ3) is 5.07. The molecule has 0 spiro atoms. The fraction of sp³-hybridized carbons (Fsp3) is 0.200. The lowest BCUT2D eigenvalue weighted by atomic mass is 10.00. The van der Waals surface area contributed by atoms with Gasteiger partial charge in [0, 0.05) is 11.4 Å². The molecule has 3 aromatic carbocycles. The Morgan fingerprint density at radius 3 is 2.51 bits per heavy atom. The number of nitrogens with one attached hydrogen (secondary N) is 2. The van der Waals surface area contributed by atoms with Gasteiger partial charge in [-0.05, 0) is 72.5 Å². The summed E-state index contributed by atoms with van der Waals surface area (Å²) in [5.74, 6) is 1.91. The zero-order valence-corrected chi connectivity index (χ0v) is 21.2. The minimum Gasteiger partial charge on any atom is -0.497 e. The summed E-state index contributed by atoms with van der Waals surface area (Å²) >= 11 is 0. The highest BCUT2D eigenvalue weighted by Crippen LogP contribution is 2.36. The molecule has 1 atom stereocenters. The molecule has 7 nitrogen and oxygen atoms in total. The smallest absolute Gasteiger partial charge is 0.261 e. The standard InChI is InChI=1S/C30H30N4O3/c1-4-20-9-11-21(12-10-20)27-18-28(22-7-6-8-25(17-22)36-3)34-29(33-27)26(19-31-34)30(35)32-23-13-15-24(16-14-23)37-5-2/h6-19,28,33H,4-5H2,1-3H3,(H,32,35). The van der Waals surface area contributed by atoms with Gasteiger partial charge in [0.25, 0.3) is 5.91 Å². The lowest BCUT2D eigenvalue weighted by Gasteiger charge is -2.26. The highest BCUT2D eigenvalue weighted by molar-refractivity contribution is 6.08.